The predicted octanol–water partition coefficient (Wildman–Crippen LogP) is 3.79. The number of amides is 2. The number of aromatic amines is 1. The maximum Gasteiger partial charge on any atom is 0.321 e. The van der Waals surface area contributed by atoms with Crippen LogP contribution in [-0.2, 0) is 0 Å². The van der Waals surface area contributed by atoms with Crippen LogP contribution in [0.1, 0.15) is 34.1 Å². The molecule has 4 aromatic rings. The van der Waals surface area contributed by atoms with Gasteiger partial charge in [-0.1, -0.05) is 60.7 Å². The first kappa shape index (κ1) is 21.0. The van der Waals surface area contributed by atoms with Gasteiger partial charge in [0.15, 0.2) is 0 Å². The minimum absolute atomic E-state index is 0.240. The fourth-order valence-corrected chi connectivity index (χ4v) is 3.41. The van der Waals surface area contributed by atoms with Gasteiger partial charge in [-0.15, -0.1) is 0 Å². The summed E-state index contributed by atoms with van der Waals surface area (Å²) in [5.74, 6) is 0.635. The van der Waals surface area contributed by atoms with Crippen LogP contribution in [0, 0.1) is 20.8 Å². The third kappa shape index (κ3) is 4.44. The number of benzene rings is 2. The van der Waals surface area contributed by atoms with Crippen molar-refractivity contribution in [3.8, 4) is 5.95 Å². The lowest BCUT2D eigenvalue weighted by Crippen LogP contribution is -2.34. The molecule has 0 fully saturated rings. The Morgan fingerprint density at radius 3 is 2.12 bits per heavy atom. The first-order valence-electron chi connectivity index (χ1n) is 10.2. The van der Waals surface area contributed by atoms with Gasteiger partial charge in [-0.25, -0.2) is 9.78 Å². The fraction of sp³-hybridized carbons (Fsp3) is 0.167. The van der Waals surface area contributed by atoms with Crippen LogP contribution in [0.25, 0.3) is 5.95 Å². The summed E-state index contributed by atoms with van der Waals surface area (Å²) in [6, 6.07) is 20.5. The van der Waals surface area contributed by atoms with Crippen molar-refractivity contribution in [3.63, 3.8) is 0 Å². The lowest BCUT2D eigenvalue weighted by molar-refractivity contribution is 0.250. The maximum absolute atomic E-state index is 13.0. The summed E-state index contributed by atoms with van der Waals surface area (Å²) in [6.45, 7) is 5.27. The SMILES string of the molecule is Cc1cc(NC(=O)NC(c2ccccc2)c2ccccc2)n(-c2nc(C)c(C)c(=O)[nH]2)n1. The van der Waals surface area contributed by atoms with E-state index in [4.69, 9.17) is 0 Å². The van der Waals surface area contributed by atoms with E-state index in [0.29, 0.717) is 22.8 Å². The van der Waals surface area contributed by atoms with E-state index < -0.39 is 6.03 Å². The van der Waals surface area contributed by atoms with Gasteiger partial charge in [0.05, 0.1) is 11.7 Å². The van der Waals surface area contributed by atoms with Crippen LogP contribution in [0.15, 0.2) is 71.5 Å². The number of rotatable bonds is 5. The number of carbonyl (C=O) groups excluding carboxylic acids is 1. The van der Waals surface area contributed by atoms with Crippen LogP contribution in [0.3, 0.4) is 0 Å². The van der Waals surface area contributed by atoms with Crippen molar-refractivity contribution in [3.05, 3.63) is 105 Å². The highest BCUT2D eigenvalue weighted by Gasteiger charge is 2.19. The third-order valence-electron chi connectivity index (χ3n) is 5.20. The molecule has 2 heterocycles. The molecule has 0 aliphatic rings. The summed E-state index contributed by atoms with van der Waals surface area (Å²) in [4.78, 5) is 32.3. The molecule has 162 valence electrons. The van der Waals surface area contributed by atoms with Gasteiger partial charge in [-0.2, -0.15) is 9.78 Å². The predicted molar refractivity (Wildman–Crippen MR) is 123 cm³/mol. The molecule has 8 nitrogen and oxygen atoms in total. The molecule has 0 aliphatic carbocycles. The Kier molecular flexibility index (Phi) is 5.85. The molecule has 0 unspecified atom stereocenters. The summed E-state index contributed by atoms with van der Waals surface area (Å²) in [6.07, 6.45) is 0. The summed E-state index contributed by atoms with van der Waals surface area (Å²) in [7, 11) is 0. The number of aromatic nitrogens is 4. The Morgan fingerprint density at radius 1 is 0.969 bits per heavy atom. The molecule has 0 spiro atoms. The number of aryl methyl sites for hydroxylation is 2. The molecule has 2 aromatic carbocycles. The first-order valence-corrected chi connectivity index (χ1v) is 10.2. The molecule has 0 saturated heterocycles. The highest BCUT2D eigenvalue weighted by atomic mass is 16.2. The van der Waals surface area contributed by atoms with Crippen molar-refractivity contribution in [1.29, 1.82) is 0 Å². The van der Waals surface area contributed by atoms with Crippen molar-refractivity contribution >= 4 is 11.8 Å². The van der Waals surface area contributed by atoms with Gasteiger partial charge in [-0.05, 0) is 31.9 Å². The number of carbonyl (C=O) groups is 1. The van der Waals surface area contributed by atoms with Crippen molar-refractivity contribution in [2.45, 2.75) is 26.8 Å². The molecule has 0 atom stereocenters. The van der Waals surface area contributed by atoms with E-state index in [-0.39, 0.29) is 17.5 Å². The number of nitrogens with one attached hydrogen (secondary N) is 3. The maximum atomic E-state index is 13.0. The van der Waals surface area contributed by atoms with E-state index in [1.54, 1.807) is 26.8 Å². The number of nitrogens with zero attached hydrogens (tertiary/aromatic N) is 3. The lowest BCUT2D eigenvalue weighted by Gasteiger charge is -2.20. The van der Waals surface area contributed by atoms with Gasteiger partial charge in [-0.3, -0.25) is 15.1 Å². The highest BCUT2D eigenvalue weighted by molar-refractivity contribution is 5.89. The number of hydrogen-bond acceptors (Lipinski definition) is 4. The van der Waals surface area contributed by atoms with Crippen LogP contribution in [0.2, 0.25) is 0 Å². The molecule has 0 bridgehead atoms. The smallest absolute Gasteiger partial charge is 0.321 e. The molecule has 3 N–H and O–H groups in total. The van der Waals surface area contributed by atoms with Gasteiger partial charge in [0.2, 0.25) is 5.95 Å². The van der Waals surface area contributed by atoms with E-state index in [0.717, 1.165) is 11.1 Å². The van der Waals surface area contributed by atoms with Crippen molar-refractivity contribution < 1.29 is 4.79 Å². The van der Waals surface area contributed by atoms with Crippen LogP contribution in [0.4, 0.5) is 10.6 Å². The van der Waals surface area contributed by atoms with Crippen LogP contribution in [0.5, 0.6) is 0 Å². The van der Waals surface area contributed by atoms with E-state index in [2.05, 4.69) is 25.7 Å². The lowest BCUT2D eigenvalue weighted by atomic mass is 9.99. The number of hydrogen-bond donors (Lipinski definition) is 3. The summed E-state index contributed by atoms with van der Waals surface area (Å²) in [5.41, 5.74) is 3.48. The molecule has 2 aromatic heterocycles. The Labute approximate surface area is 185 Å². The Bertz CT molecular complexity index is 1260. The molecule has 0 aliphatic heterocycles. The molecule has 8 heteroatoms. The topological polar surface area (TPSA) is 105 Å². The van der Waals surface area contributed by atoms with Crippen LogP contribution >= 0.6 is 0 Å². The van der Waals surface area contributed by atoms with Gasteiger partial charge in [0, 0.05) is 17.3 Å². The number of anilines is 1. The van der Waals surface area contributed by atoms with Gasteiger partial charge < -0.3 is 5.32 Å². The summed E-state index contributed by atoms with van der Waals surface area (Å²) >= 11 is 0. The Balaban J connectivity index is 1.62. The Hall–Kier alpha value is -4.20. The largest absolute Gasteiger partial charge is 0.327 e. The molecule has 0 saturated carbocycles. The number of H-pyrrole nitrogens is 1. The third-order valence-corrected chi connectivity index (χ3v) is 5.20. The first-order chi connectivity index (χ1) is 15.4. The molecule has 0 radical (unpaired) electrons. The average Bonchev–Trinajstić information content (AvgIpc) is 3.16. The molecule has 4 rings (SSSR count). The minimum Gasteiger partial charge on any atom is -0.327 e. The second-order valence-electron chi connectivity index (χ2n) is 7.54. The van der Waals surface area contributed by atoms with E-state index in [1.165, 1.54) is 4.68 Å². The van der Waals surface area contributed by atoms with Gasteiger partial charge in [0.1, 0.15) is 5.82 Å². The van der Waals surface area contributed by atoms with Gasteiger partial charge >= 0.3 is 6.03 Å². The normalized spacial score (nSPS) is 10.9. The standard InChI is InChI=1S/C24H24N6O2/c1-15-14-20(30(29-15)23-25-17(3)16(2)22(31)28-23)26-24(32)27-21(18-10-6-4-7-11-18)19-12-8-5-9-13-19/h4-14,21H,1-3H3,(H,25,28,31)(H2,26,27,32). The minimum atomic E-state index is -0.407. The number of urea groups is 1. The van der Waals surface area contributed by atoms with Crippen LogP contribution < -0.4 is 16.2 Å². The highest BCUT2D eigenvalue weighted by Crippen LogP contribution is 2.22. The van der Waals surface area contributed by atoms with Gasteiger partial charge in [0.25, 0.3) is 5.56 Å². The monoisotopic (exact) mass is 428 g/mol. The second-order valence-corrected chi connectivity index (χ2v) is 7.54. The molecule has 32 heavy (non-hydrogen) atoms. The van der Waals surface area contributed by atoms with E-state index in [1.807, 2.05) is 60.7 Å². The Morgan fingerprint density at radius 2 is 1.56 bits per heavy atom. The zero-order valence-corrected chi connectivity index (χ0v) is 18.1. The zero-order valence-electron chi connectivity index (χ0n) is 18.1. The summed E-state index contributed by atoms with van der Waals surface area (Å²) < 4.78 is 1.42. The van der Waals surface area contributed by atoms with Crippen molar-refractivity contribution in [1.82, 2.24) is 25.1 Å². The second kappa shape index (κ2) is 8.89. The average molecular weight is 428 g/mol. The van der Waals surface area contributed by atoms with Crippen molar-refractivity contribution in [2.75, 3.05) is 5.32 Å². The summed E-state index contributed by atoms with van der Waals surface area (Å²) in [5, 5.41) is 10.3. The molecular weight excluding hydrogens is 404 g/mol. The molecule has 2 amide bonds. The van der Waals surface area contributed by atoms with Crippen LogP contribution in [-0.4, -0.2) is 25.8 Å². The molecular formula is C24H24N6O2. The fourth-order valence-electron chi connectivity index (χ4n) is 3.41. The van der Waals surface area contributed by atoms with E-state index in [9.17, 15) is 9.59 Å². The zero-order chi connectivity index (χ0) is 22.7. The quantitative estimate of drug-likeness (QED) is 0.450. The van der Waals surface area contributed by atoms with Crippen molar-refractivity contribution in [2.24, 2.45) is 0 Å². The van der Waals surface area contributed by atoms with E-state index >= 15 is 0 Å².